The Bertz CT molecular complexity index is 489. The molecule has 3 unspecified atom stereocenters. The Morgan fingerprint density at radius 1 is 1.53 bits per heavy atom. The van der Waals surface area contributed by atoms with E-state index >= 15 is 0 Å². The van der Waals surface area contributed by atoms with E-state index in [-0.39, 0.29) is 6.04 Å². The third-order valence-electron chi connectivity index (χ3n) is 4.76. The highest BCUT2D eigenvalue weighted by atomic mass is 16.4. The number of rotatable bonds is 3. The van der Waals surface area contributed by atoms with E-state index in [0.29, 0.717) is 18.4 Å². The highest BCUT2D eigenvalue weighted by Gasteiger charge is 2.47. The molecular weight excluding hydrogens is 240 g/mol. The maximum Gasteiger partial charge on any atom is 0.321 e. The summed E-state index contributed by atoms with van der Waals surface area (Å²) in [4.78, 5) is 17.9. The van der Waals surface area contributed by atoms with Crippen LogP contribution in [0.5, 0.6) is 0 Å². The number of pyridine rings is 1. The van der Waals surface area contributed by atoms with Gasteiger partial charge in [0.25, 0.3) is 0 Å². The molecule has 0 aromatic carbocycles. The molecule has 1 aliphatic carbocycles. The number of carbonyl (C=O) groups is 1. The van der Waals surface area contributed by atoms with E-state index in [1.807, 2.05) is 12.3 Å². The summed E-state index contributed by atoms with van der Waals surface area (Å²) < 4.78 is 0. The van der Waals surface area contributed by atoms with Gasteiger partial charge in [-0.2, -0.15) is 0 Å². The van der Waals surface area contributed by atoms with Crippen LogP contribution in [0.3, 0.4) is 0 Å². The Morgan fingerprint density at radius 3 is 3.11 bits per heavy atom. The van der Waals surface area contributed by atoms with E-state index in [2.05, 4.69) is 16.8 Å². The molecule has 2 fully saturated rings. The summed E-state index contributed by atoms with van der Waals surface area (Å²) in [5.74, 6) is 0.281. The average Bonchev–Trinajstić information content (AvgIpc) is 2.91. The Hall–Kier alpha value is -1.42. The van der Waals surface area contributed by atoms with Crippen molar-refractivity contribution in [2.24, 2.45) is 11.8 Å². The maximum absolute atomic E-state index is 11.6. The van der Waals surface area contributed by atoms with E-state index < -0.39 is 5.97 Å². The minimum absolute atomic E-state index is 0.299. The SMILES string of the molecule is Cc1ccncc1CN1CC2CCCC2C1C(=O)O. The third-order valence-corrected chi connectivity index (χ3v) is 4.76. The number of likely N-dealkylation sites (tertiary alicyclic amines) is 1. The van der Waals surface area contributed by atoms with Gasteiger partial charge in [0.05, 0.1) is 0 Å². The van der Waals surface area contributed by atoms with Gasteiger partial charge in [-0.15, -0.1) is 0 Å². The van der Waals surface area contributed by atoms with Crippen molar-refractivity contribution in [1.29, 1.82) is 0 Å². The zero-order chi connectivity index (χ0) is 13.4. The Morgan fingerprint density at radius 2 is 2.37 bits per heavy atom. The lowest BCUT2D eigenvalue weighted by Crippen LogP contribution is -2.39. The van der Waals surface area contributed by atoms with E-state index in [1.54, 1.807) is 6.20 Å². The first-order chi connectivity index (χ1) is 9.16. The monoisotopic (exact) mass is 260 g/mol. The van der Waals surface area contributed by atoms with Gasteiger partial charge in [-0.05, 0) is 48.8 Å². The lowest BCUT2D eigenvalue weighted by Gasteiger charge is -2.24. The summed E-state index contributed by atoms with van der Waals surface area (Å²) in [6.07, 6.45) is 7.11. The first-order valence-corrected chi connectivity index (χ1v) is 7.03. The van der Waals surface area contributed by atoms with Crippen molar-refractivity contribution in [2.75, 3.05) is 6.54 Å². The number of fused-ring (bicyclic) bond motifs is 1. The van der Waals surface area contributed by atoms with E-state index in [9.17, 15) is 9.90 Å². The molecule has 1 saturated heterocycles. The summed E-state index contributed by atoms with van der Waals surface area (Å²) in [6.45, 7) is 3.70. The summed E-state index contributed by atoms with van der Waals surface area (Å²) in [5.41, 5.74) is 2.34. The Balaban J connectivity index is 1.81. The molecule has 0 radical (unpaired) electrons. The van der Waals surface area contributed by atoms with Gasteiger partial charge in [0.2, 0.25) is 0 Å². The van der Waals surface area contributed by atoms with Crippen molar-refractivity contribution in [3.05, 3.63) is 29.6 Å². The highest BCUT2D eigenvalue weighted by molar-refractivity contribution is 5.74. The quantitative estimate of drug-likeness (QED) is 0.904. The van der Waals surface area contributed by atoms with Crippen LogP contribution in [0.25, 0.3) is 0 Å². The summed E-state index contributed by atoms with van der Waals surface area (Å²) in [6, 6.07) is 1.69. The van der Waals surface area contributed by atoms with Crippen LogP contribution in [0, 0.1) is 18.8 Å². The molecule has 1 aliphatic heterocycles. The molecular formula is C15H20N2O2. The molecule has 102 valence electrons. The fraction of sp³-hybridized carbons (Fsp3) is 0.600. The lowest BCUT2D eigenvalue weighted by atomic mass is 9.94. The second-order valence-corrected chi connectivity index (χ2v) is 5.87. The van der Waals surface area contributed by atoms with Crippen LogP contribution >= 0.6 is 0 Å². The smallest absolute Gasteiger partial charge is 0.321 e. The number of hydrogen-bond acceptors (Lipinski definition) is 3. The standard InChI is InChI=1S/C15H20N2O2/c1-10-5-6-16-7-12(10)9-17-8-11-3-2-4-13(11)14(17)15(18)19/h5-7,11,13-14H,2-4,8-9H2,1H3,(H,18,19). The number of aliphatic carboxylic acids is 1. The van der Waals surface area contributed by atoms with Crippen molar-refractivity contribution >= 4 is 5.97 Å². The summed E-state index contributed by atoms with van der Waals surface area (Å²) in [5, 5.41) is 9.52. The third kappa shape index (κ3) is 2.25. The van der Waals surface area contributed by atoms with Crippen LogP contribution in [0.15, 0.2) is 18.5 Å². The zero-order valence-corrected chi connectivity index (χ0v) is 11.2. The van der Waals surface area contributed by atoms with Crippen LogP contribution < -0.4 is 0 Å². The maximum atomic E-state index is 11.6. The topological polar surface area (TPSA) is 53.4 Å². The largest absolute Gasteiger partial charge is 0.480 e. The van der Waals surface area contributed by atoms with Crippen molar-refractivity contribution in [3.8, 4) is 0 Å². The van der Waals surface area contributed by atoms with E-state index in [1.165, 1.54) is 18.4 Å². The van der Waals surface area contributed by atoms with E-state index in [0.717, 1.165) is 18.5 Å². The summed E-state index contributed by atoms with van der Waals surface area (Å²) >= 11 is 0. The fourth-order valence-electron chi connectivity index (χ4n) is 3.78. The molecule has 19 heavy (non-hydrogen) atoms. The second kappa shape index (κ2) is 4.93. The molecule has 3 atom stereocenters. The van der Waals surface area contributed by atoms with Gasteiger partial charge in [-0.25, -0.2) is 0 Å². The van der Waals surface area contributed by atoms with Gasteiger partial charge < -0.3 is 5.11 Å². The fourth-order valence-corrected chi connectivity index (χ4v) is 3.78. The number of carboxylic acid groups (broad SMARTS) is 1. The first kappa shape index (κ1) is 12.6. The molecule has 4 heteroatoms. The predicted octanol–water partition coefficient (Wildman–Crippen LogP) is 2.08. The molecule has 3 rings (SSSR count). The van der Waals surface area contributed by atoms with Crippen LogP contribution in [0.2, 0.25) is 0 Å². The number of nitrogens with zero attached hydrogens (tertiary/aromatic N) is 2. The Kier molecular flexibility index (Phi) is 3.27. The number of hydrogen-bond donors (Lipinski definition) is 1. The van der Waals surface area contributed by atoms with Crippen LogP contribution in [0.4, 0.5) is 0 Å². The van der Waals surface area contributed by atoms with Crippen molar-refractivity contribution in [2.45, 2.75) is 38.8 Å². The number of carboxylic acids is 1. The Labute approximate surface area is 113 Å². The molecule has 1 saturated carbocycles. The zero-order valence-electron chi connectivity index (χ0n) is 11.2. The predicted molar refractivity (Wildman–Crippen MR) is 71.6 cm³/mol. The molecule has 1 aromatic heterocycles. The minimum Gasteiger partial charge on any atom is -0.480 e. The first-order valence-electron chi connectivity index (χ1n) is 7.03. The van der Waals surface area contributed by atoms with Gasteiger partial charge in [0.1, 0.15) is 6.04 Å². The molecule has 4 nitrogen and oxygen atoms in total. The van der Waals surface area contributed by atoms with Crippen LogP contribution in [0.1, 0.15) is 30.4 Å². The molecule has 1 N–H and O–H groups in total. The minimum atomic E-state index is -0.657. The molecule has 0 amide bonds. The van der Waals surface area contributed by atoms with Crippen molar-refractivity contribution in [3.63, 3.8) is 0 Å². The molecule has 2 aliphatic rings. The molecule has 1 aromatic rings. The van der Waals surface area contributed by atoms with E-state index in [4.69, 9.17) is 0 Å². The van der Waals surface area contributed by atoms with Gasteiger partial charge in [0.15, 0.2) is 0 Å². The van der Waals surface area contributed by atoms with Crippen LogP contribution in [-0.4, -0.2) is 33.5 Å². The molecule has 0 spiro atoms. The lowest BCUT2D eigenvalue weighted by molar-refractivity contribution is -0.143. The van der Waals surface area contributed by atoms with Crippen molar-refractivity contribution in [1.82, 2.24) is 9.88 Å². The molecule has 2 heterocycles. The molecule has 0 bridgehead atoms. The van der Waals surface area contributed by atoms with Crippen molar-refractivity contribution < 1.29 is 9.90 Å². The number of aryl methyl sites for hydroxylation is 1. The van der Waals surface area contributed by atoms with Gasteiger partial charge in [0, 0.05) is 25.5 Å². The normalized spacial score (nSPS) is 30.5. The number of aromatic nitrogens is 1. The average molecular weight is 260 g/mol. The van der Waals surface area contributed by atoms with Crippen LogP contribution in [-0.2, 0) is 11.3 Å². The van der Waals surface area contributed by atoms with Gasteiger partial charge >= 0.3 is 5.97 Å². The highest BCUT2D eigenvalue weighted by Crippen LogP contribution is 2.42. The van der Waals surface area contributed by atoms with Gasteiger partial charge in [-0.3, -0.25) is 14.7 Å². The van der Waals surface area contributed by atoms with Gasteiger partial charge in [-0.1, -0.05) is 6.42 Å². The second-order valence-electron chi connectivity index (χ2n) is 5.87. The summed E-state index contributed by atoms with van der Waals surface area (Å²) in [7, 11) is 0.